The second-order valence-corrected chi connectivity index (χ2v) is 6.25. The molecule has 1 aliphatic rings. The van der Waals surface area contributed by atoms with Crippen LogP contribution < -0.4 is 14.8 Å². The van der Waals surface area contributed by atoms with Crippen molar-refractivity contribution in [1.29, 1.82) is 0 Å². The summed E-state index contributed by atoms with van der Waals surface area (Å²) >= 11 is 6.24. The van der Waals surface area contributed by atoms with Crippen LogP contribution in [0.25, 0.3) is 6.08 Å². The van der Waals surface area contributed by atoms with E-state index in [9.17, 15) is 9.59 Å². The standard InChI is InChI=1S/C20H18ClNO4/c1-13(23)15-4-2-5-16(12-15)22-19(24)7-6-14-10-17(21)20-18(11-14)25-8-3-9-26-20/h2,4-7,10-12H,3,8-9H2,1H3,(H,22,24). The first-order valence-corrected chi connectivity index (χ1v) is 8.60. The molecule has 0 spiro atoms. The number of fused-ring (bicyclic) bond motifs is 1. The van der Waals surface area contributed by atoms with Crippen molar-refractivity contribution >= 4 is 35.1 Å². The zero-order valence-corrected chi connectivity index (χ0v) is 15.0. The summed E-state index contributed by atoms with van der Waals surface area (Å²) in [6.45, 7) is 2.60. The highest BCUT2D eigenvalue weighted by atomic mass is 35.5. The summed E-state index contributed by atoms with van der Waals surface area (Å²) in [5.41, 5.74) is 1.83. The van der Waals surface area contributed by atoms with Crippen molar-refractivity contribution in [2.45, 2.75) is 13.3 Å². The van der Waals surface area contributed by atoms with Crippen molar-refractivity contribution in [3.8, 4) is 11.5 Å². The van der Waals surface area contributed by atoms with Gasteiger partial charge in [-0.3, -0.25) is 9.59 Å². The highest BCUT2D eigenvalue weighted by molar-refractivity contribution is 6.32. The molecule has 5 nitrogen and oxygen atoms in total. The van der Waals surface area contributed by atoms with E-state index in [1.165, 1.54) is 13.0 Å². The lowest BCUT2D eigenvalue weighted by Crippen LogP contribution is -2.08. The van der Waals surface area contributed by atoms with Crippen molar-refractivity contribution in [1.82, 2.24) is 0 Å². The summed E-state index contributed by atoms with van der Waals surface area (Å²) in [7, 11) is 0. The van der Waals surface area contributed by atoms with Crippen molar-refractivity contribution in [2.24, 2.45) is 0 Å². The molecule has 26 heavy (non-hydrogen) atoms. The Labute approximate surface area is 156 Å². The third kappa shape index (κ3) is 4.43. The second kappa shape index (κ2) is 8.06. The minimum absolute atomic E-state index is 0.0570. The van der Waals surface area contributed by atoms with E-state index >= 15 is 0 Å². The lowest BCUT2D eigenvalue weighted by Gasteiger charge is -2.10. The van der Waals surface area contributed by atoms with Gasteiger partial charge in [0.2, 0.25) is 5.91 Å². The smallest absolute Gasteiger partial charge is 0.248 e. The summed E-state index contributed by atoms with van der Waals surface area (Å²) in [5, 5.41) is 3.17. The van der Waals surface area contributed by atoms with Crippen LogP contribution in [-0.2, 0) is 4.79 Å². The molecule has 0 bridgehead atoms. The molecule has 0 unspecified atom stereocenters. The van der Waals surface area contributed by atoms with Crippen LogP contribution >= 0.6 is 11.6 Å². The van der Waals surface area contributed by atoms with Gasteiger partial charge in [0.15, 0.2) is 17.3 Å². The summed E-state index contributed by atoms with van der Waals surface area (Å²) in [5.74, 6) is 0.739. The van der Waals surface area contributed by atoms with Gasteiger partial charge >= 0.3 is 0 Å². The molecule has 0 radical (unpaired) electrons. The van der Waals surface area contributed by atoms with Crippen LogP contribution in [0.2, 0.25) is 5.02 Å². The molecule has 3 rings (SSSR count). The maximum Gasteiger partial charge on any atom is 0.248 e. The molecule has 0 saturated heterocycles. The van der Waals surface area contributed by atoms with E-state index in [0.717, 1.165) is 12.0 Å². The average Bonchev–Trinajstić information content (AvgIpc) is 2.86. The Morgan fingerprint density at radius 3 is 2.77 bits per heavy atom. The number of ketones is 1. The molecular formula is C20H18ClNO4. The number of Topliss-reactive ketones (excluding diaryl/α,β-unsaturated/α-hetero) is 1. The van der Waals surface area contributed by atoms with Crippen LogP contribution in [0, 0.1) is 0 Å². The number of benzene rings is 2. The third-order valence-electron chi connectivity index (χ3n) is 3.79. The lowest BCUT2D eigenvalue weighted by molar-refractivity contribution is -0.111. The zero-order valence-electron chi connectivity index (χ0n) is 14.3. The van der Waals surface area contributed by atoms with Crippen LogP contribution in [0.1, 0.15) is 29.3 Å². The van der Waals surface area contributed by atoms with E-state index in [-0.39, 0.29) is 11.7 Å². The topological polar surface area (TPSA) is 64.6 Å². The van der Waals surface area contributed by atoms with Crippen molar-refractivity contribution in [2.75, 3.05) is 18.5 Å². The fourth-order valence-electron chi connectivity index (χ4n) is 2.52. The van der Waals surface area contributed by atoms with Crippen LogP contribution in [0.15, 0.2) is 42.5 Å². The Morgan fingerprint density at radius 2 is 1.96 bits per heavy atom. The maximum absolute atomic E-state index is 12.1. The van der Waals surface area contributed by atoms with Gasteiger partial charge in [-0.2, -0.15) is 0 Å². The number of anilines is 1. The summed E-state index contributed by atoms with van der Waals surface area (Å²) in [4.78, 5) is 23.5. The van der Waals surface area contributed by atoms with Crippen molar-refractivity contribution in [3.05, 3.63) is 58.6 Å². The molecule has 1 aliphatic heterocycles. The molecule has 1 heterocycles. The van der Waals surface area contributed by atoms with Crippen LogP contribution in [0.5, 0.6) is 11.5 Å². The molecule has 0 atom stereocenters. The molecule has 6 heteroatoms. The predicted octanol–water partition coefficient (Wildman–Crippen LogP) is 4.36. The highest BCUT2D eigenvalue weighted by Gasteiger charge is 2.15. The molecule has 2 aromatic rings. The van der Waals surface area contributed by atoms with Crippen LogP contribution in [-0.4, -0.2) is 24.9 Å². The van der Waals surface area contributed by atoms with Gasteiger partial charge in [-0.15, -0.1) is 0 Å². The molecule has 134 valence electrons. The molecule has 1 amide bonds. The molecule has 2 aromatic carbocycles. The number of carbonyl (C=O) groups excluding carboxylic acids is 2. The van der Waals surface area contributed by atoms with Crippen molar-refractivity contribution < 1.29 is 19.1 Å². The largest absolute Gasteiger partial charge is 0.489 e. The Bertz CT molecular complexity index is 876. The third-order valence-corrected chi connectivity index (χ3v) is 4.07. The first-order valence-electron chi connectivity index (χ1n) is 8.22. The van der Waals surface area contributed by atoms with Gasteiger partial charge in [-0.05, 0) is 42.8 Å². The Morgan fingerprint density at radius 1 is 1.15 bits per heavy atom. The van der Waals surface area contributed by atoms with Gasteiger partial charge in [0, 0.05) is 23.7 Å². The molecule has 0 aromatic heterocycles. The molecular weight excluding hydrogens is 354 g/mol. The highest BCUT2D eigenvalue weighted by Crippen LogP contribution is 2.38. The van der Waals surface area contributed by atoms with Crippen LogP contribution in [0.3, 0.4) is 0 Å². The molecule has 0 saturated carbocycles. The van der Waals surface area contributed by atoms with E-state index < -0.39 is 0 Å². The van der Waals surface area contributed by atoms with Gasteiger partial charge in [0.05, 0.1) is 18.2 Å². The quantitative estimate of drug-likeness (QED) is 0.640. The van der Waals surface area contributed by atoms with E-state index in [1.807, 2.05) is 0 Å². The second-order valence-electron chi connectivity index (χ2n) is 5.84. The van der Waals surface area contributed by atoms with Gasteiger partial charge < -0.3 is 14.8 Å². The van der Waals surface area contributed by atoms with E-state index in [2.05, 4.69) is 5.32 Å². The molecule has 0 fully saturated rings. The molecule has 0 aliphatic carbocycles. The summed E-state index contributed by atoms with van der Waals surface area (Å²) < 4.78 is 11.2. The van der Waals surface area contributed by atoms with E-state index in [4.69, 9.17) is 21.1 Å². The minimum Gasteiger partial charge on any atom is -0.489 e. The Kier molecular flexibility index (Phi) is 5.58. The first kappa shape index (κ1) is 18.0. The monoisotopic (exact) mass is 371 g/mol. The maximum atomic E-state index is 12.1. The fourth-order valence-corrected chi connectivity index (χ4v) is 2.79. The SMILES string of the molecule is CC(=O)c1cccc(NC(=O)C=Cc2cc(Cl)c3c(c2)OCCCO3)c1. The number of hydrogen-bond acceptors (Lipinski definition) is 4. The number of nitrogens with one attached hydrogen (secondary N) is 1. The van der Waals surface area contributed by atoms with Gasteiger partial charge in [0.1, 0.15) is 0 Å². The van der Waals surface area contributed by atoms with Gasteiger partial charge in [0.25, 0.3) is 0 Å². The van der Waals surface area contributed by atoms with Crippen molar-refractivity contribution in [3.63, 3.8) is 0 Å². The van der Waals surface area contributed by atoms with Gasteiger partial charge in [-0.25, -0.2) is 0 Å². The minimum atomic E-state index is -0.311. The number of carbonyl (C=O) groups is 2. The zero-order chi connectivity index (χ0) is 18.5. The number of amides is 1. The normalized spacial score (nSPS) is 13.3. The first-order chi connectivity index (χ1) is 12.5. The Hall–Kier alpha value is -2.79. The predicted molar refractivity (Wildman–Crippen MR) is 101 cm³/mol. The van der Waals surface area contributed by atoms with Gasteiger partial charge in [-0.1, -0.05) is 23.7 Å². The number of ether oxygens (including phenoxy) is 2. The fraction of sp³-hybridized carbons (Fsp3) is 0.200. The number of hydrogen-bond donors (Lipinski definition) is 1. The lowest BCUT2D eigenvalue weighted by atomic mass is 10.1. The number of halogens is 1. The summed E-state index contributed by atoms with van der Waals surface area (Å²) in [6.07, 6.45) is 3.83. The van der Waals surface area contributed by atoms with E-state index in [0.29, 0.717) is 41.0 Å². The van der Waals surface area contributed by atoms with E-state index in [1.54, 1.807) is 42.5 Å². The Balaban J connectivity index is 1.72. The summed E-state index contributed by atoms with van der Waals surface area (Å²) in [6, 6.07) is 10.3. The molecule has 1 N–H and O–H groups in total. The van der Waals surface area contributed by atoms with Crippen LogP contribution in [0.4, 0.5) is 5.69 Å². The average molecular weight is 372 g/mol. The number of rotatable bonds is 4.